The summed E-state index contributed by atoms with van der Waals surface area (Å²) in [6.45, 7) is 5.10. The lowest BCUT2D eigenvalue weighted by molar-refractivity contribution is 0.0527. The molecule has 0 saturated heterocycles. The van der Waals surface area contributed by atoms with Gasteiger partial charge in [0.05, 0.1) is 29.2 Å². The van der Waals surface area contributed by atoms with E-state index in [4.69, 9.17) is 4.74 Å². The van der Waals surface area contributed by atoms with Crippen molar-refractivity contribution in [3.63, 3.8) is 0 Å². The average molecular weight is 323 g/mol. The highest BCUT2D eigenvalue weighted by Gasteiger charge is 2.24. The van der Waals surface area contributed by atoms with E-state index in [1.54, 1.807) is 32.9 Å². The minimum absolute atomic E-state index is 0.0751. The Balaban J connectivity index is 2.41. The number of aromatic nitrogens is 2. The third kappa shape index (κ3) is 3.11. The lowest BCUT2D eigenvalue weighted by Crippen LogP contribution is -2.17. The number of nitrogens with one attached hydrogen (secondary N) is 2. The van der Waals surface area contributed by atoms with Crippen LogP contribution >= 0.6 is 0 Å². The lowest BCUT2D eigenvalue weighted by Gasteiger charge is -2.12. The Morgan fingerprint density at radius 2 is 2.00 bits per heavy atom. The summed E-state index contributed by atoms with van der Waals surface area (Å²) in [5, 5.41) is 6.50. The van der Waals surface area contributed by atoms with E-state index in [1.165, 1.54) is 12.1 Å². The van der Waals surface area contributed by atoms with Gasteiger partial charge < -0.3 is 4.74 Å². The van der Waals surface area contributed by atoms with Crippen LogP contribution in [0.1, 0.15) is 28.7 Å². The lowest BCUT2D eigenvalue weighted by atomic mass is 10.2. The maximum absolute atomic E-state index is 12.5. The van der Waals surface area contributed by atoms with Gasteiger partial charge in [-0.25, -0.2) is 13.2 Å². The van der Waals surface area contributed by atoms with Crippen molar-refractivity contribution < 1.29 is 17.9 Å². The average Bonchev–Trinajstić information content (AvgIpc) is 2.79. The van der Waals surface area contributed by atoms with Gasteiger partial charge in [0.15, 0.2) is 0 Å². The molecule has 8 heteroatoms. The van der Waals surface area contributed by atoms with Crippen molar-refractivity contribution in [2.75, 3.05) is 11.3 Å². The number of nitrogens with zero attached hydrogens (tertiary/aromatic N) is 1. The molecular weight excluding hydrogens is 306 g/mol. The van der Waals surface area contributed by atoms with Crippen LogP contribution in [0.3, 0.4) is 0 Å². The highest BCUT2D eigenvalue weighted by Crippen LogP contribution is 2.23. The van der Waals surface area contributed by atoms with Crippen molar-refractivity contribution >= 4 is 21.7 Å². The van der Waals surface area contributed by atoms with Gasteiger partial charge in [-0.1, -0.05) is 12.1 Å². The van der Waals surface area contributed by atoms with Crippen molar-refractivity contribution in [2.24, 2.45) is 0 Å². The first-order valence-corrected chi connectivity index (χ1v) is 8.15. The zero-order valence-electron chi connectivity index (χ0n) is 12.5. The molecule has 0 radical (unpaired) electrons. The van der Waals surface area contributed by atoms with Gasteiger partial charge in [-0.05, 0) is 32.9 Å². The molecule has 0 amide bonds. The summed E-state index contributed by atoms with van der Waals surface area (Å²) in [6, 6.07) is 6.29. The van der Waals surface area contributed by atoms with Crippen LogP contribution in [0, 0.1) is 13.8 Å². The molecule has 2 N–H and O–H groups in total. The Kier molecular flexibility index (Phi) is 4.51. The van der Waals surface area contributed by atoms with Gasteiger partial charge >= 0.3 is 5.97 Å². The fourth-order valence-electron chi connectivity index (χ4n) is 2.09. The smallest absolute Gasteiger partial charge is 0.340 e. The van der Waals surface area contributed by atoms with Crippen molar-refractivity contribution in [1.29, 1.82) is 0 Å². The minimum atomic E-state index is -3.85. The number of hydrogen-bond acceptors (Lipinski definition) is 5. The topological polar surface area (TPSA) is 101 Å². The Morgan fingerprint density at radius 1 is 1.32 bits per heavy atom. The molecule has 2 aromatic rings. The Hall–Kier alpha value is -2.35. The van der Waals surface area contributed by atoms with Crippen molar-refractivity contribution in [3.05, 3.63) is 41.2 Å². The summed E-state index contributed by atoms with van der Waals surface area (Å²) in [4.78, 5) is 12.0. The maximum atomic E-state index is 12.5. The Morgan fingerprint density at radius 3 is 2.59 bits per heavy atom. The molecule has 1 heterocycles. The molecule has 0 unspecified atom stereocenters. The first kappa shape index (κ1) is 16.0. The molecule has 2 rings (SSSR count). The summed E-state index contributed by atoms with van der Waals surface area (Å²) in [6.07, 6.45) is 0. The Labute approximate surface area is 128 Å². The number of aromatic amines is 1. The number of para-hydroxylation sites is 1. The summed E-state index contributed by atoms with van der Waals surface area (Å²) >= 11 is 0. The number of carbonyl (C=O) groups excluding carboxylic acids is 1. The normalized spacial score (nSPS) is 11.2. The number of carbonyl (C=O) groups is 1. The van der Waals surface area contributed by atoms with E-state index in [0.717, 1.165) is 0 Å². The van der Waals surface area contributed by atoms with Gasteiger partial charge in [-0.3, -0.25) is 9.82 Å². The number of benzene rings is 1. The van der Waals surface area contributed by atoms with Crippen LogP contribution in [0.15, 0.2) is 29.2 Å². The third-order valence-electron chi connectivity index (χ3n) is 3.00. The monoisotopic (exact) mass is 323 g/mol. The molecule has 0 aliphatic carbocycles. The van der Waals surface area contributed by atoms with Gasteiger partial charge in [0.1, 0.15) is 4.90 Å². The molecule has 0 bridgehead atoms. The number of sulfonamides is 1. The summed E-state index contributed by atoms with van der Waals surface area (Å²) < 4.78 is 32.4. The quantitative estimate of drug-likeness (QED) is 0.820. The minimum Gasteiger partial charge on any atom is -0.462 e. The van der Waals surface area contributed by atoms with Crippen LogP contribution in [0.25, 0.3) is 0 Å². The van der Waals surface area contributed by atoms with Crippen molar-refractivity contribution in [1.82, 2.24) is 10.2 Å². The predicted molar refractivity (Wildman–Crippen MR) is 81.3 cm³/mol. The van der Waals surface area contributed by atoms with Gasteiger partial charge in [-0.15, -0.1) is 0 Å². The van der Waals surface area contributed by atoms with E-state index in [-0.39, 0.29) is 22.8 Å². The molecule has 7 nitrogen and oxygen atoms in total. The van der Waals surface area contributed by atoms with E-state index >= 15 is 0 Å². The number of hydrogen-bond donors (Lipinski definition) is 2. The molecular formula is C14H17N3O4S. The van der Waals surface area contributed by atoms with E-state index in [1.807, 2.05) is 0 Å². The molecule has 0 spiro atoms. The van der Waals surface area contributed by atoms with E-state index in [0.29, 0.717) is 11.4 Å². The van der Waals surface area contributed by atoms with Crippen LogP contribution in [0.5, 0.6) is 0 Å². The second kappa shape index (κ2) is 6.18. The molecule has 0 saturated carbocycles. The summed E-state index contributed by atoms with van der Waals surface area (Å²) in [5.41, 5.74) is 1.12. The van der Waals surface area contributed by atoms with E-state index in [2.05, 4.69) is 14.9 Å². The van der Waals surface area contributed by atoms with Crippen molar-refractivity contribution in [3.8, 4) is 0 Å². The van der Waals surface area contributed by atoms with Crippen LogP contribution < -0.4 is 4.72 Å². The summed E-state index contributed by atoms with van der Waals surface area (Å²) in [5.74, 6) is -0.582. The highest BCUT2D eigenvalue weighted by molar-refractivity contribution is 7.92. The van der Waals surface area contributed by atoms with E-state index < -0.39 is 16.0 Å². The SMILES string of the molecule is CCOC(=O)c1ccccc1NS(=O)(=O)c1c(C)n[nH]c1C. The molecule has 0 aliphatic heterocycles. The molecule has 0 fully saturated rings. The van der Waals surface area contributed by atoms with Crippen LogP contribution in [0.4, 0.5) is 5.69 Å². The molecule has 0 atom stereocenters. The number of H-pyrrole nitrogens is 1. The van der Waals surface area contributed by atoms with Gasteiger partial charge in [-0.2, -0.15) is 5.10 Å². The molecule has 0 aliphatic rings. The van der Waals surface area contributed by atoms with E-state index in [9.17, 15) is 13.2 Å². The van der Waals surface area contributed by atoms with Crippen LogP contribution in [0.2, 0.25) is 0 Å². The molecule has 22 heavy (non-hydrogen) atoms. The number of rotatable bonds is 5. The fraction of sp³-hybridized carbons (Fsp3) is 0.286. The first-order valence-electron chi connectivity index (χ1n) is 6.67. The van der Waals surface area contributed by atoms with Crippen LogP contribution in [-0.2, 0) is 14.8 Å². The second-order valence-corrected chi connectivity index (χ2v) is 6.25. The third-order valence-corrected chi connectivity index (χ3v) is 4.62. The van der Waals surface area contributed by atoms with Gasteiger partial charge in [0.2, 0.25) is 0 Å². The molecule has 1 aromatic heterocycles. The predicted octanol–water partition coefficient (Wildman–Crippen LogP) is 2.00. The first-order chi connectivity index (χ1) is 10.4. The zero-order chi connectivity index (χ0) is 16.3. The molecule has 1 aromatic carbocycles. The number of ether oxygens (including phenoxy) is 1. The Bertz CT molecular complexity index is 777. The standard InChI is InChI=1S/C14H17N3O4S/c1-4-21-14(18)11-7-5-6-8-12(11)17-22(19,20)13-9(2)15-16-10(13)3/h5-8,17H,4H2,1-3H3,(H,15,16). The zero-order valence-corrected chi connectivity index (χ0v) is 13.3. The number of aryl methyl sites for hydroxylation is 2. The van der Waals surface area contributed by atoms with Crippen molar-refractivity contribution in [2.45, 2.75) is 25.7 Å². The summed E-state index contributed by atoms with van der Waals surface area (Å²) in [7, 11) is -3.85. The fourth-order valence-corrected chi connectivity index (χ4v) is 3.54. The van der Waals surface area contributed by atoms with Gasteiger partial charge in [0, 0.05) is 0 Å². The second-order valence-electron chi connectivity index (χ2n) is 4.63. The molecule has 118 valence electrons. The highest BCUT2D eigenvalue weighted by atomic mass is 32.2. The maximum Gasteiger partial charge on any atom is 0.340 e. The van der Waals surface area contributed by atoms with Crippen LogP contribution in [-0.4, -0.2) is 31.2 Å². The largest absolute Gasteiger partial charge is 0.462 e. The van der Waals surface area contributed by atoms with Gasteiger partial charge in [0.25, 0.3) is 10.0 Å². The number of anilines is 1. The number of esters is 1.